The van der Waals surface area contributed by atoms with Crippen LogP contribution in [0.4, 0.5) is 4.79 Å². The van der Waals surface area contributed by atoms with Gasteiger partial charge in [0.25, 0.3) is 0 Å². The standard InChI is InChI=1S/C16H28N2O3/c1-18(13-7-3-4-8-13)15(21)17-12-16(11-14(19)20)9-5-2-6-10-16/h13H,2-12H2,1H3,(H,17,21)(H,19,20). The summed E-state index contributed by atoms with van der Waals surface area (Å²) in [4.78, 5) is 25.2. The van der Waals surface area contributed by atoms with Crippen molar-refractivity contribution in [2.75, 3.05) is 13.6 Å². The van der Waals surface area contributed by atoms with Crippen LogP contribution in [0, 0.1) is 5.41 Å². The van der Waals surface area contributed by atoms with Crippen LogP contribution in [0.3, 0.4) is 0 Å². The van der Waals surface area contributed by atoms with Gasteiger partial charge in [0.1, 0.15) is 0 Å². The Morgan fingerprint density at radius 1 is 1.14 bits per heavy atom. The number of nitrogens with one attached hydrogen (secondary N) is 1. The van der Waals surface area contributed by atoms with Crippen LogP contribution in [-0.2, 0) is 4.79 Å². The first kappa shape index (κ1) is 16.1. The van der Waals surface area contributed by atoms with Crippen LogP contribution in [-0.4, -0.2) is 41.6 Å². The molecule has 5 nitrogen and oxygen atoms in total. The SMILES string of the molecule is CN(C(=O)NCC1(CC(=O)O)CCCCC1)C1CCCC1. The Hall–Kier alpha value is -1.26. The summed E-state index contributed by atoms with van der Waals surface area (Å²) in [7, 11) is 1.86. The number of carboxylic acid groups (broad SMARTS) is 1. The second kappa shape index (κ2) is 7.14. The van der Waals surface area contributed by atoms with Gasteiger partial charge in [-0.05, 0) is 31.1 Å². The minimum Gasteiger partial charge on any atom is -0.481 e. The van der Waals surface area contributed by atoms with E-state index in [1.165, 1.54) is 19.3 Å². The van der Waals surface area contributed by atoms with Gasteiger partial charge in [-0.3, -0.25) is 4.79 Å². The summed E-state index contributed by atoms with van der Waals surface area (Å²) in [5.74, 6) is -0.754. The fourth-order valence-corrected chi connectivity index (χ4v) is 3.88. The van der Waals surface area contributed by atoms with Crippen molar-refractivity contribution in [1.82, 2.24) is 10.2 Å². The zero-order valence-electron chi connectivity index (χ0n) is 13.1. The van der Waals surface area contributed by atoms with Crippen molar-refractivity contribution in [3.63, 3.8) is 0 Å². The lowest BCUT2D eigenvalue weighted by molar-refractivity contribution is -0.140. The Kier molecular flexibility index (Phi) is 5.48. The molecule has 5 heteroatoms. The second-order valence-corrected chi connectivity index (χ2v) is 6.84. The summed E-state index contributed by atoms with van der Waals surface area (Å²) in [6.45, 7) is 0.495. The van der Waals surface area contributed by atoms with E-state index in [9.17, 15) is 9.59 Å². The van der Waals surface area contributed by atoms with E-state index in [-0.39, 0.29) is 17.9 Å². The van der Waals surface area contributed by atoms with Crippen LogP contribution >= 0.6 is 0 Å². The number of aliphatic carboxylic acids is 1. The lowest BCUT2D eigenvalue weighted by Crippen LogP contribution is -2.47. The van der Waals surface area contributed by atoms with Crippen molar-refractivity contribution >= 4 is 12.0 Å². The highest BCUT2D eigenvalue weighted by Gasteiger charge is 2.35. The lowest BCUT2D eigenvalue weighted by atomic mass is 9.72. The minimum absolute atomic E-state index is 0.0442. The van der Waals surface area contributed by atoms with E-state index in [1.54, 1.807) is 0 Å². The molecule has 2 N–H and O–H groups in total. The van der Waals surface area contributed by atoms with E-state index in [2.05, 4.69) is 5.32 Å². The molecule has 0 saturated heterocycles. The van der Waals surface area contributed by atoms with Crippen molar-refractivity contribution in [2.24, 2.45) is 5.41 Å². The molecule has 2 aliphatic carbocycles. The number of carbonyl (C=O) groups excluding carboxylic acids is 1. The number of hydrogen-bond donors (Lipinski definition) is 2. The molecule has 0 unspecified atom stereocenters. The van der Waals surface area contributed by atoms with Gasteiger partial charge >= 0.3 is 12.0 Å². The van der Waals surface area contributed by atoms with Gasteiger partial charge in [0.15, 0.2) is 0 Å². The Bertz CT molecular complexity index is 372. The molecule has 0 aliphatic heterocycles. The third-order valence-electron chi connectivity index (χ3n) is 5.25. The highest BCUT2D eigenvalue weighted by molar-refractivity contribution is 5.74. The zero-order chi connectivity index (χ0) is 15.3. The zero-order valence-corrected chi connectivity index (χ0v) is 13.1. The summed E-state index contributed by atoms with van der Waals surface area (Å²) >= 11 is 0. The molecule has 2 rings (SSSR count). The molecule has 0 spiro atoms. The van der Waals surface area contributed by atoms with Crippen LogP contribution in [0.25, 0.3) is 0 Å². The van der Waals surface area contributed by atoms with Crippen molar-refractivity contribution in [3.8, 4) is 0 Å². The molecule has 2 aliphatic rings. The van der Waals surface area contributed by atoms with E-state index in [4.69, 9.17) is 5.11 Å². The fraction of sp³-hybridized carbons (Fsp3) is 0.875. The maximum Gasteiger partial charge on any atom is 0.317 e. The van der Waals surface area contributed by atoms with E-state index in [1.807, 2.05) is 11.9 Å². The normalized spacial score (nSPS) is 22.0. The Morgan fingerprint density at radius 2 is 1.76 bits per heavy atom. The third kappa shape index (κ3) is 4.35. The molecule has 0 radical (unpaired) electrons. The molecule has 2 amide bonds. The smallest absolute Gasteiger partial charge is 0.317 e. The van der Waals surface area contributed by atoms with Crippen molar-refractivity contribution < 1.29 is 14.7 Å². The van der Waals surface area contributed by atoms with Crippen LogP contribution in [0.2, 0.25) is 0 Å². The highest BCUT2D eigenvalue weighted by atomic mass is 16.4. The number of hydrogen-bond acceptors (Lipinski definition) is 2. The minimum atomic E-state index is -0.754. The maximum atomic E-state index is 12.3. The number of rotatable bonds is 5. The molecular formula is C16H28N2O3. The summed E-state index contributed by atoms with van der Waals surface area (Å²) < 4.78 is 0. The van der Waals surface area contributed by atoms with Crippen LogP contribution in [0.1, 0.15) is 64.2 Å². The summed E-state index contributed by atoms with van der Waals surface area (Å²) in [6.07, 6.45) is 9.88. The Balaban J connectivity index is 1.88. The third-order valence-corrected chi connectivity index (χ3v) is 5.25. The number of carbonyl (C=O) groups is 2. The van der Waals surface area contributed by atoms with Gasteiger partial charge < -0.3 is 15.3 Å². The molecule has 0 aromatic carbocycles. The van der Waals surface area contributed by atoms with E-state index in [0.717, 1.165) is 38.5 Å². The molecule has 0 aromatic heterocycles. The van der Waals surface area contributed by atoms with Gasteiger partial charge in [-0.25, -0.2) is 4.79 Å². The van der Waals surface area contributed by atoms with Crippen LogP contribution in [0.5, 0.6) is 0 Å². The van der Waals surface area contributed by atoms with Gasteiger partial charge in [0.2, 0.25) is 0 Å². The first-order chi connectivity index (χ1) is 10.0. The molecule has 0 heterocycles. The molecule has 0 bridgehead atoms. The van der Waals surface area contributed by atoms with Crippen molar-refractivity contribution in [1.29, 1.82) is 0 Å². The predicted molar refractivity (Wildman–Crippen MR) is 81.2 cm³/mol. The average molecular weight is 296 g/mol. The quantitative estimate of drug-likeness (QED) is 0.819. The monoisotopic (exact) mass is 296 g/mol. The largest absolute Gasteiger partial charge is 0.481 e. The molecule has 21 heavy (non-hydrogen) atoms. The number of nitrogens with zero attached hydrogens (tertiary/aromatic N) is 1. The average Bonchev–Trinajstić information content (AvgIpc) is 2.98. The molecule has 0 atom stereocenters. The lowest BCUT2D eigenvalue weighted by Gasteiger charge is -2.37. The van der Waals surface area contributed by atoms with Crippen LogP contribution < -0.4 is 5.32 Å². The van der Waals surface area contributed by atoms with Gasteiger partial charge in [0, 0.05) is 19.6 Å². The second-order valence-electron chi connectivity index (χ2n) is 6.84. The molecular weight excluding hydrogens is 268 g/mol. The highest BCUT2D eigenvalue weighted by Crippen LogP contribution is 2.38. The van der Waals surface area contributed by atoms with Crippen molar-refractivity contribution in [2.45, 2.75) is 70.3 Å². The number of urea groups is 1. The number of carboxylic acids is 1. The van der Waals surface area contributed by atoms with E-state index >= 15 is 0 Å². The number of amides is 2. The van der Waals surface area contributed by atoms with Gasteiger partial charge in [-0.2, -0.15) is 0 Å². The molecule has 120 valence electrons. The molecule has 0 aromatic rings. The van der Waals surface area contributed by atoms with E-state index < -0.39 is 5.97 Å². The van der Waals surface area contributed by atoms with Crippen molar-refractivity contribution in [3.05, 3.63) is 0 Å². The van der Waals surface area contributed by atoms with Gasteiger partial charge in [0.05, 0.1) is 6.42 Å². The summed E-state index contributed by atoms with van der Waals surface area (Å²) in [6, 6.07) is 0.309. The van der Waals surface area contributed by atoms with Gasteiger partial charge in [-0.15, -0.1) is 0 Å². The van der Waals surface area contributed by atoms with Gasteiger partial charge in [-0.1, -0.05) is 32.1 Å². The summed E-state index contributed by atoms with van der Waals surface area (Å²) in [5.41, 5.74) is -0.240. The fourth-order valence-electron chi connectivity index (χ4n) is 3.88. The van der Waals surface area contributed by atoms with E-state index in [0.29, 0.717) is 12.6 Å². The summed E-state index contributed by atoms with van der Waals surface area (Å²) in [5, 5.41) is 12.2. The Labute approximate surface area is 127 Å². The van der Waals surface area contributed by atoms with Crippen LogP contribution in [0.15, 0.2) is 0 Å². The topological polar surface area (TPSA) is 69.6 Å². The Morgan fingerprint density at radius 3 is 2.33 bits per heavy atom. The maximum absolute atomic E-state index is 12.3. The predicted octanol–water partition coefficient (Wildman–Crippen LogP) is 3.00. The molecule has 2 saturated carbocycles. The first-order valence-corrected chi connectivity index (χ1v) is 8.25. The molecule has 2 fully saturated rings. The first-order valence-electron chi connectivity index (χ1n) is 8.25.